The van der Waals surface area contributed by atoms with Gasteiger partial charge in [0.25, 0.3) is 0 Å². The molecule has 2 bridgehead atoms. The van der Waals surface area contributed by atoms with Crippen LogP contribution in [0.4, 0.5) is 0 Å². The third kappa shape index (κ3) is 2.60. The van der Waals surface area contributed by atoms with Gasteiger partial charge in [-0.05, 0) is 36.5 Å². The number of nitrogens with zero attached hydrogens (tertiary/aromatic N) is 2. The molecule has 1 aromatic carbocycles. The maximum atomic E-state index is 9.13. The third-order valence-electron chi connectivity index (χ3n) is 6.62. The van der Waals surface area contributed by atoms with E-state index in [2.05, 4.69) is 18.2 Å². The lowest BCUT2D eigenvalue weighted by Crippen LogP contribution is -2.74. The number of aliphatic hydroxyl groups is 1. The lowest BCUT2D eigenvalue weighted by molar-refractivity contribution is -1.09. The van der Waals surface area contributed by atoms with E-state index in [1.54, 1.807) is 16.7 Å². The zero-order valence-electron chi connectivity index (χ0n) is 13.8. The van der Waals surface area contributed by atoms with Crippen molar-refractivity contribution in [1.29, 1.82) is 0 Å². The Kier molecular flexibility index (Phi) is 3.75. The third-order valence-corrected chi connectivity index (χ3v) is 6.62. The number of quaternary nitrogens is 2. The summed E-state index contributed by atoms with van der Waals surface area (Å²) in [5.74, 6) is 0. The van der Waals surface area contributed by atoms with Gasteiger partial charge in [0.05, 0.1) is 6.54 Å². The van der Waals surface area contributed by atoms with Gasteiger partial charge in [-0.1, -0.05) is 12.1 Å². The molecule has 3 heterocycles. The number of fused-ring (bicyclic) bond motifs is 4. The molecule has 0 unspecified atom stereocenters. The van der Waals surface area contributed by atoms with Crippen molar-refractivity contribution in [2.75, 3.05) is 52.4 Å². The van der Waals surface area contributed by atoms with Crippen molar-refractivity contribution in [1.82, 2.24) is 0 Å². The lowest BCUT2D eigenvalue weighted by Gasteiger charge is -2.55. The van der Waals surface area contributed by atoms with Crippen molar-refractivity contribution in [3.05, 3.63) is 34.9 Å². The molecule has 1 N–H and O–H groups in total. The Balaban J connectivity index is 1.44. The summed E-state index contributed by atoms with van der Waals surface area (Å²) in [6.45, 7) is 10.8. The SMILES string of the molecule is OCCC[N+]12CC[N+](Cc3ccc4c(c3)CCC4)(CC1)CC2. The number of aliphatic hydroxyl groups excluding tert-OH is 1. The summed E-state index contributed by atoms with van der Waals surface area (Å²) in [5.41, 5.74) is 4.79. The standard InChI is InChI=1S/C19H30N2O/c22-14-2-7-20-8-11-21(12-9-20,13-10-20)16-17-5-6-18-3-1-4-19(18)15-17/h5-6,15,22H,1-4,7-14,16H2/q+2. The molecule has 1 aliphatic carbocycles. The Labute approximate surface area is 134 Å². The average Bonchev–Trinajstić information content (AvgIpc) is 3.02. The number of benzene rings is 1. The van der Waals surface area contributed by atoms with Gasteiger partial charge in [-0.25, -0.2) is 0 Å². The summed E-state index contributed by atoms with van der Waals surface area (Å²) in [6.07, 6.45) is 4.92. The fourth-order valence-electron chi connectivity index (χ4n) is 5.03. The fraction of sp³-hybridized carbons (Fsp3) is 0.684. The molecule has 0 atom stereocenters. The monoisotopic (exact) mass is 302 g/mol. The van der Waals surface area contributed by atoms with Crippen LogP contribution in [-0.4, -0.2) is 66.5 Å². The van der Waals surface area contributed by atoms with Gasteiger partial charge in [-0.15, -0.1) is 0 Å². The van der Waals surface area contributed by atoms with E-state index in [4.69, 9.17) is 5.11 Å². The van der Waals surface area contributed by atoms with Crippen LogP contribution in [0.15, 0.2) is 18.2 Å². The second-order valence-corrected chi connectivity index (χ2v) is 7.94. The van der Waals surface area contributed by atoms with Crippen LogP contribution < -0.4 is 0 Å². The highest BCUT2D eigenvalue weighted by molar-refractivity contribution is 5.35. The number of hydrogen-bond acceptors (Lipinski definition) is 1. The Morgan fingerprint density at radius 2 is 1.55 bits per heavy atom. The first kappa shape index (κ1) is 14.7. The zero-order valence-corrected chi connectivity index (χ0v) is 13.8. The van der Waals surface area contributed by atoms with Crippen LogP contribution in [0.2, 0.25) is 0 Å². The van der Waals surface area contributed by atoms with Gasteiger partial charge >= 0.3 is 0 Å². The van der Waals surface area contributed by atoms with E-state index in [-0.39, 0.29) is 0 Å². The van der Waals surface area contributed by atoms with Gasteiger partial charge < -0.3 is 14.1 Å². The maximum Gasteiger partial charge on any atom is 0.129 e. The molecule has 0 spiro atoms. The minimum absolute atomic E-state index is 0.356. The highest BCUT2D eigenvalue weighted by Gasteiger charge is 2.48. The molecule has 0 aromatic heterocycles. The van der Waals surface area contributed by atoms with E-state index in [1.165, 1.54) is 80.6 Å². The van der Waals surface area contributed by atoms with Gasteiger partial charge in [0.15, 0.2) is 0 Å². The molecule has 5 rings (SSSR count). The topological polar surface area (TPSA) is 20.2 Å². The molecule has 3 saturated heterocycles. The summed E-state index contributed by atoms with van der Waals surface area (Å²) in [5, 5.41) is 9.13. The van der Waals surface area contributed by atoms with Gasteiger partial charge in [-0.2, -0.15) is 0 Å². The van der Waals surface area contributed by atoms with E-state index < -0.39 is 0 Å². The van der Waals surface area contributed by atoms with Crippen LogP contribution in [0.5, 0.6) is 0 Å². The van der Waals surface area contributed by atoms with Crippen molar-refractivity contribution >= 4 is 0 Å². The molecule has 1 aromatic rings. The van der Waals surface area contributed by atoms with Crippen molar-refractivity contribution in [3.63, 3.8) is 0 Å². The average molecular weight is 302 g/mol. The smallest absolute Gasteiger partial charge is 0.129 e. The Bertz CT molecular complexity index is 530. The van der Waals surface area contributed by atoms with Gasteiger partial charge in [0.1, 0.15) is 45.8 Å². The summed E-state index contributed by atoms with van der Waals surface area (Å²) >= 11 is 0. The molecule has 120 valence electrons. The predicted molar refractivity (Wildman–Crippen MR) is 88.5 cm³/mol. The molecule has 3 fully saturated rings. The number of rotatable bonds is 5. The molecule has 22 heavy (non-hydrogen) atoms. The van der Waals surface area contributed by atoms with Crippen molar-refractivity contribution in [2.45, 2.75) is 32.2 Å². The van der Waals surface area contributed by atoms with E-state index in [0.29, 0.717) is 6.61 Å². The normalized spacial score (nSPS) is 33.1. The van der Waals surface area contributed by atoms with Gasteiger partial charge in [0, 0.05) is 18.6 Å². The van der Waals surface area contributed by atoms with Crippen LogP contribution in [0.25, 0.3) is 0 Å². The second kappa shape index (κ2) is 5.63. The minimum atomic E-state index is 0.356. The number of piperazine rings is 3. The largest absolute Gasteiger partial charge is 0.396 e. The van der Waals surface area contributed by atoms with Crippen molar-refractivity contribution in [3.8, 4) is 0 Å². The first-order chi connectivity index (χ1) is 10.7. The van der Waals surface area contributed by atoms with Crippen molar-refractivity contribution in [2.24, 2.45) is 0 Å². The lowest BCUT2D eigenvalue weighted by atomic mass is 10.0. The predicted octanol–water partition coefficient (Wildman–Crippen LogP) is 1.72. The Morgan fingerprint density at radius 3 is 2.27 bits per heavy atom. The summed E-state index contributed by atoms with van der Waals surface area (Å²) in [7, 11) is 0. The van der Waals surface area contributed by atoms with Gasteiger partial charge in [0.2, 0.25) is 0 Å². The second-order valence-electron chi connectivity index (χ2n) is 7.94. The number of aryl methyl sites for hydroxylation is 2. The fourth-order valence-corrected chi connectivity index (χ4v) is 5.03. The molecule has 3 heteroatoms. The minimum Gasteiger partial charge on any atom is -0.396 e. The van der Waals surface area contributed by atoms with Crippen LogP contribution in [0.3, 0.4) is 0 Å². The summed E-state index contributed by atoms with van der Waals surface area (Å²) in [4.78, 5) is 0. The number of hydrogen-bond donors (Lipinski definition) is 1. The van der Waals surface area contributed by atoms with E-state index in [9.17, 15) is 0 Å². The summed E-state index contributed by atoms with van der Waals surface area (Å²) in [6, 6.07) is 7.30. The quantitative estimate of drug-likeness (QED) is 0.821. The highest BCUT2D eigenvalue weighted by atomic mass is 16.3. The van der Waals surface area contributed by atoms with Crippen LogP contribution >= 0.6 is 0 Å². The highest BCUT2D eigenvalue weighted by Crippen LogP contribution is 2.30. The molecular formula is C19H30N2O+2. The van der Waals surface area contributed by atoms with Crippen molar-refractivity contribution < 1.29 is 14.1 Å². The maximum absolute atomic E-state index is 9.13. The first-order valence-electron chi connectivity index (χ1n) is 9.14. The molecule has 4 aliphatic rings. The van der Waals surface area contributed by atoms with E-state index in [1.807, 2.05) is 0 Å². The van der Waals surface area contributed by atoms with Crippen LogP contribution in [0, 0.1) is 0 Å². The van der Waals surface area contributed by atoms with Gasteiger partial charge in [-0.3, -0.25) is 0 Å². The molecule has 3 nitrogen and oxygen atoms in total. The van der Waals surface area contributed by atoms with E-state index in [0.717, 1.165) is 6.42 Å². The van der Waals surface area contributed by atoms with E-state index >= 15 is 0 Å². The molecule has 0 amide bonds. The first-order valence-corrected chi connectivity index (χ1v) is 9.14. The Hall–Kier alpha value is -0.900. The van der Waals surface area contributed by atoms with Crippen LogP contribution in [-0.2, 0) is 19.4 Å². The molecule has 0 radical (unpaired) electrons. The Morgan fingerprint density at radius 1 is 0.864 bits per heavy atom. The molecule has 0 saturated carbocycles. The summed E-state index contributed by atoms with van der Waals surface area (Å²) < 4.78 is 2.60. The zero-order chi connectivity index (χ0) is 15.0. The molecule has 3 aliphatic heterocycles. The molecular weight excluding hydrogens is 272 g/mol. The van der Waals surface area contributed by atoms with Crippen LogP contribution in [0.1, 0.15) is 29.5 Å².